The second-order valence-electron chi connectivity index (χ2n) is 3.83. The van der Waals surface area contributed by atoms with Gasteiger partial charge in [-0.15, -0.1) is 11.3 Å². The first kappa shape index (κ1) is 12.7. The van der Waals surface area contributed by atoms with Crippen LogP contribution in [0, 0.1) is 0 Å². The molecule has 94 valence electrons. The molecule has 0 aliphatic heterocycles. The van der Waals surface area contributed by atoms with E-state index in [9.17, 15) is 4.79 Å². The molecule has 1 heterocycles. The number of carboxylic acids is 1. The van der Waals surface area contributed by atoms with Crippen molar-refractivity contribution in [1.82, 2.24) is 4.98 Å². The fourth-order valence-electron chi connectivity index (χ4n) is 1.52. The van der Waals surface area contributed by atoms with E-state index in [0.717, 1.165) is 16.3 Å². The number of ether oxygens (including phenoxy) is 1. The minimum Gasteiger partial charge on any atom is -0.478 e. The van der Waals surface area contributed by atoms with Gasteiger partial charge in [0.05, 0.1) is 11.3 Å². The van der Waals surface area contributed by atoms with Gasteiger partial charge >= 0.3 is 5.97 Å². The molecule has 0 saturated carbocycles. The normalized spacial score (nSPS) is 12.3. The van der Waals surface area contributed by atoms with Gasteiger partial charge in [0.15, 0.2) is 0 Å². The predicted octanol–water partition coefficient (Wildman–Crippen LogP) is 3.22. The fraction of sp³-hybridized carbons (Fsp3) is 0.231. The number of nitrogens with zero attached hydrogens (tertiary/aromatic N) is 1. The summed E-state index contributed by atoms with van der Waals surface area (Å²) in [5, 5.41) is 11.7. The molecule has 0 aliphatic carbocycles. The van der Waals surface area contributed by atoms with Gasteiger partial charge in [-0.1, -0.05) is 12.1 Å². The number of hydrogen-bond acceptors (Lipinski definition) is 4. The van der Waals surface area contributed by atoms with Gasteiger partial charge in [0.2, 0.25) is 0 Å². The van der Waals surface area contributed by atoms with Crippen LogP contribution >= 0.6 is 11.3 Å². The summed E-state index contributed by atoms with van der Waals surface area (Å²) >= 11 is 1.51. The van der Waals surface area contributed by atoms with Gasteiger partial charge in [-0.25, -0.2) is 9.78 Å². The minimum atomic E-state index is -0.933. The zero-order chi connectivity index (χ0) is 13.1. The highest BCUT2D eigenvalue weighted by atomic mass is 32.1. The Bertz CT molecular complexity index is 565. The van der Waals surface area contributed by atoms with Gasteiger partial charge in [0.1, 0.15) is 11.1 Å². The smallest absolute Gasteiger partial charge is 0.335 e. The summed E-state index contributed by atoms with van der Waals surface area (Å²) in [4.78, 5) is 15.4. The Hall–Kier alpha value is -1.72. The third-order valence-corrected chi connectivity index (χ3v) is 3.63. The van der Waals surface area contributed by atoms with Crippen LogP contribution in [0.5, 0.6) is 0 Å². The van der Waals surface area contributed by atoms with Gasteiger partial charge in [-0.05, 0) is 19.1 Å². The monoisotopic (exact) mass is 263 g/mol. The van der Waals surface area contributed by atoms with E-state index in [1.165, 1.54) is 11.3 Å². The van der Waals surface area contributed by atoms with Crippen molar-refractivity contribution < 1.29 is 14.6 Å². The van der Waals surface area contributed by atoms with Crippen molar-refractivity contribution in [2.24, 2.45) is 0 Å². The minimum absolute atomic E-state index is 0.0496. The molecule has 4 nitrogen and oxygen atoms in total. The van der Waals surface area contributed by atoms with Crippen molar-refractivity contribution in [3.8, 4) is 11.3 Å². The Balaban J connectivity index is 2.34. The van der Waals surface area contributed by atoms with Crippen LogP contribution in [0.2, 0.25) is 0 Å². The Morgan fingerprint density at radius 1 is 1.50 bits per heavy atom. The lowest BCUT2D eigenvalue weighted by Crippen LogP contribution is -1.96. The maximum atomic E-state index is 10.9. The number of rotatable bonds is 4. The van der Waals surface area contributed by atoms with Crippen LogP contribution in [-0.4, -0.2) is 23.2 Å². The van der Waals surface area contributed by atoms with E-state index in [-0.39, 0.29) is 11.7 Å². The van der Waals surface area contributed by atoms with Crippen molar-refractivity contribution in [1.29, 1.82) is 0 Å². The van der Waals surface area contributed by atoms with Crippen LogP contribution in [0.15, 0.2) is 29.6 Å². The Kier molecular flexibility index (Phi) is 3.74. The maximum absolute atomic E-state index is 10.9. The van der Waals surface area contributed by atoms with Gasteiger partial charge in [-0.3, -0.25) is 0 Å². The summed E-state index contributed by atoms with van der Waals surface area (Å²) in [6.45, 7) is 1.93. The number of methoxy groups -OCH3 is 1. The summed E-state index contributed by atoms with van der Waals surface area (Å²) in [5.41, 5.74) is 1.85. The summed E-state index contributed by atoms with van der Waals surface area (Å²) in [7, 11) is 1.64. The highest BCUT2D eigenvalue weighted by Gasteiger charge is 2.11. The number of thiazole rings is 1. The molecule has 2 aromatic rings. The molecule has 0 radical (unpaired) electrons. The molecule has 0 aliphatic rings. The number of carbonyl (C=O) groups is 1. The molecule has 0 bridgehead atoms. The van der Waals surface area contributed by atoms with Crippen LogP contribution in [0.25, 0.3) is 11.3 Å². The predicted molar refractivity (Wildman–Crippen MR) is 69.9 cm³/mol. The van der Waals surface area contributed by atoms with Crippen LogP contribution in [0.3, 0.4) is 0 Å². The van der Waals surface area contributed by atoms with Crippen molar-refractivity contribution in [3.63, 3.8) is 0 Å². The van der Waals surface area contributed by atoms with Crippen molar-refractivity contribution >= 4 is 17.3 Å². The molecule has 0 saturated heterocycles. The maximum Gasteiger partial charge on any atom is 0.335 e. The van der Waals surface area contributed by atoms with Crippen LogP contribution in [0.1, 0.15) is 28.4 Å². The van der Waals surface area contributed by atoms with E-state index < -0.39 is 5.97 Å². The lowest BCUT2D eigenvalue weighted by molar-refractivity contribution is 0.0697. The molecule has 1 N–H and O–H groups in total. The zero-order valence-corrected chi connectivity index (χ0v) is 10.9. The molecular formula is C13H13NO3S. The lowest BCUT2D eigenvalue weighted by Gasteiger charge is -2.04. The van der Waals surface area contributed by atoms with Gasteiger partial charge in [0.25, 0.3) is 0 Å². The molecule has 5 heteroatoms. The van der Waals surface area contributed by atoms with E-state index in [0.29, 0.717) is 0 Å². The Morgan fingerprint density at radius 3 is 2.94 bits per heavy atom. The molecule has 2 rings (SSSR count). The van der Waals surface area contributed by atoms with E-state index in [4.69, 9.17) is 9.84 Å². The quantitative estimate of drug-likeness (QED) is 0.920. The lowest BCUT2D eigenvalue weighted by atomic mass is 10.1. The van der Waals surface area contributed by atoms with E-state index in [1.807, 2.05) is 18.4 Å². The first-order chi connectivity index (χ1) is 8.61. The fourth-order valence-corrected chi connectivity index (χ4v) is 2.38. The molecule has 0 fully saturated rings. The number of aromatic nitrogens is 1. The third-order valence-electron chi connectivity index (χ3n) is 2.63. The van der Waals surface area contributed by atoms with Gasteiger partial charge < -0.3 is 9.84 Å². The number of hydrogen-bond donors (Lipinski definition) is 1. The molecule has 1 aromatic carbocycles. The SMILES string of the molecule is COC(C)c1nc(-c2cccc(C(=O)O)c2)cs1. The second kappa shape index (κ2) is 5.29. The van der Waals surface area contributed by atoms with Crippen LogP contribution in [0.4, 0.5) is 0 Å². The second-order valence-corrected chi connectivity index (χ2v) is 4.72. The summed E-state index contributed by atoms with van der Waals surface area (Å²) in [6, 6.07) is 6.76. The molecular weight excluding hydrogens is 250 g/mol. The highest BCUT2D eigenvalue weighted by molar-refractivity contribution is 7.10. The first-order valence-corrected chi connectivity index (χ1v) is 6.31. The van der Waals surface area contributed by atoms with Crippen LogP contribution < -0.4 is 0 Å². The van der Waals surface area contributed by atoms with Crippen molar-refractivity contribution in [3.05, 3.63) is 40.2 Å². The first-order valence-electron chi connectivity index (χ1n) is 5.43. The third kappa shape index (κ3) is 2.57. The number of carboxylic acid groups (broad SMARTS) is 1. The number of aromatic carboxylic acids is 1. The van der Waals surface area contributed by atoms with Gasteiger partial charge in [0, 0.05) is 18.1 Å². The molecule has 1 aromatic heterocycles. The van der Waals surface area contributed by atoms with Crippen LogP contribution in [-0.2, 0) is 4.74 Å². The number of benzene rings is 1. The molecule has 0 spiro atoms. The van der Waals surface area contributed by atoms with E-state index in [2.05, 4.69) is 4.98 Å². The molecule has 18 heavy (non-hydrogen) atoms. The van der Waals surface area contributed by atoms with E-state index in [1.54, 1.807) is 25.3 Å². The average Bonchev–Trinajstić information content (AvgIpc) is 2.87. The molecule has 1 unspecified atom stereocenters. The Labute approximate surface area is 109 Å². The largest absolute Gasteiger partial charge is 0.478 e. The van der Waals surface area contributed by atoms with Crippen molar-refractivity contribution in [2.45, 2.75) is 13.0 Å². The molecule has 1 atom stereocenters. The standard InChI is InChI=1S/C13H13NO3S/c1-8(17-2)12-14-11(7-18-12)9-4-3-5-10(6-9)13(15)16/h3-8H,1-2H3,(H,15,16). The van der Waals surface area contributed by atoms with E-state index >= 15 is 0 Å². The zero-order valence-electron chi connectivity index (χ0n) is 10.1. The summed E-state index contributed by atoms with van der Waals surface area (Å²) in [5.74, 6) is -0.933. The Morgan fingerprint density at radius 2 is 2.28 bits per heavy atom. The molecule has 0 amide bonds. The van der Waals surface area contributed by atoms with Crippen molar-refractivity contribution in [2.75, 3.05) is 7.11 Å². The topological polar surface area (TPSA) is 59.4 Å². The summed E-state index contributed by atoms with van der Waals surface area (Å²) < 4.78 is 5.20. The van der Waals surface area contributed by atoms with Gasteiger partial charge in [-0.2, -0.15) is 0 Å². The summed E-state index contributed by atoms with van der Waals surface area (Å²) in [6.07, 6.45) is -0.0496. The highest BCUT2D eigenvalue weighted by Crippen LogP contribution is 2.27. The average molecular weight is 263 g/mol.